The Labute approximate surface area is 189 Å². The maximum absolute atomic E-state index is 12.4. The van der Waals surface area contributed by atoms with Crippen LogP contribution < -0.4 is 9.47 Å². The Morgan fingerprint density at radius 3 is 2.58 bits per heavy atom. The lowest BCUT2D eigenvalue weighted by Gasteiger charge is -2.09. The summed E-state index contributed by atoms with van der Waals surface area (Å²) in [5, 5.41) is 7.74. The summed E-state index contributed by atoms with van der Waals surface area (Å²) in [5.74, 6) is 0.249. The Hall–Kier alpha value is -3.33. The van der Waals surface area contributed by atoms with Crippen LogP contribution >= 0.6 is 0 Å². The zero-order chi connectivity index (χ0) is 23.7. The van der Waals surface area contributed by atoms with Gasteiger partial charge >= 0.3 is 12.1 Å². The van der Waals surface area contributed by atoms with Gasteiger partial charge < -0.3 is 18.9 Å². The van der Waals surface area contributed by atoms with Crippen LogP contribution in [-0.4, -0.2) is 44.0 Å². The molecule has 33 heavy (non-hydrogen) atoms. The van der Waals surface area contributed by atoms with Crippen LogP contribution in [0.3, 0.4) is 0 Å². The highest BCUT2D eigenvalue weighted by molar-refractivity contribution is 5.91. The molecule has 6 nitrogen and oxygen atoms in total. The topological polar surface area (TPSA) is 81.1 Å². The Kier molecular flexibility index (Phi) is 8.48. The minimum atomic E-state index is -4.15. The smallest absolute Gasteiger partial charge is 0.389 e. The van der Waals surface area contributed by atoms with Gasteiger partial charge in [-0.1, -0.05) is 12.1 Å². The molecule has 1 aliphatic rings. The first-order valence-corrected chi connectivity index (χ1v) is 10.4. The molecule has 0 radical (unpaired) electrons. The Bertz CT molecular complexity index is 969. The zero-order valence-corrected chi connectivity index (χ0v) is 17.8. The molecule has 9 heteroatoms. The number of benzene rings is 2. The number of carbonyl (C=O) groups is 1. The standard InChI is InChI=1S/C24H24F3NO5/c25-24(26,27)12-1-2-13-30-19-9-7-18(8-10-19)23(29)33-20-5-3-4-17(14-20)6-11-22(28)32-16-21-15-31-21/h3-11,14,21,28H,1-2,12-13,15-16H2/b11-6+,28-22?. The van der Waals surface area contributed by atoms with Crippen molar-refractivity contribution in [2.75, 3.05) is 19.8 Å². The molecule has 0 aromatic heterocycles. The lowest BCUT2D eigenvalue weighted by molar-refractivity contribution is -0.135. The van der Waals surface area contributed by atoms with E-state index in [9.17, 15) is 18.0 Å². The van der Waals surface area contributed by atoms with E-state index >= 15 is 0 Å². The number of halogens is 3. The first-order valence-electron chi connectivity index (χ1n) is 10.4. The van der Waals surface area contributed by atoms with Crippen LogP contribution in [0.4, 0.5) is 13.2 Å². The van der Waals surface area contributed by atoms with Gasteiger partial charge in [-0.15, -0.1) is 0 Å². The molecule has 0 aliphatic carbocycles. The van der Waals surface area contributed by atoms with Gasteiger partial charge in [0.15, 0.2) is 0 Å². The van der Waals surface area contributed by atoms with Crippen LogP contribution in [0, 0.1) is 5.41 Å². The largest absolute Gasteiger partial charge is 0.494 e. The first-order chi connectivity index (χ1) is 15.8. The fourth-order valence-corrected chi connectivity index (χ4v) is 2.72. The highest BCUT2D eigenvalue weighted by atomic mass is 19.4. The molecule has 1 aliphatic heterocycles. The lowest BCUT2D eigenvalue weighted by atomic mass is 10.2. The number of ether oxygens (including phenoxy) is 4. The predicted molar refractivity (Wildman–Crippen MR) is 116 cm³/mol. The fraction of sp³-hybridized carbons (Fsp3) is 0.333. The molecular weight excluding hydrogens is 439 g/mol. The van der Waals surface area contributed by atoms with Crippen LogP contribution in [0.1, 0.15) is 35.2 Å². The molecule has 0 saturated carbocycles. The van der Waals surface area contributed by atoms with Crippen LogP contribution in [0.15, 0.2) is 54.6 Å². The number of esters is 1. The van der Waals surface area contributed by atoms with Gasteiger partial charge in [0.05, 0.1) is 18.8 Å². The first kappa shape index (κ1) is 24.3. The molecule has 0 bridgehead atoms. The number of alkyl halides is 3. The minimum absolute atomic E-state index is 0.00570. The van der Waals surface area contributed by atoms with Crippen molar-refractivity contribution in [2.45, 2.75) is 31.5 Å². The molecule has 1 atom stereocenters. The van der Waals surface area contributed by atoms with E-state index in [2.05, 4.69) is 0 Å². The summed E-state index contributed by atoms with van der Waals surface area (Å²) in [4.78, 5) is 12.4. The van der Waals surface area contributed by atoms with E-state index in [1.165, 1.54) is 18.2 Å². The summed E-state index contributed by atoms with van der Waals surface area (Å²) < 4.78 is 57.4. The summed E-state index contributed by atoms with van der Waals surface area (Å²) in [6, 6.07) is 13.0. The molecular formula is C24H24F3NO5. The van der Waals surface area contributed by atoms with Crippen LogP contribution in [0.25, 0.3) is 6.08 Å². The molecule has 2 aromatic carbocycles. The molecule has 1 unspecified atom stereocenters. The highest BCUT2D eigenvalue weighted by Crippen LogP contribution is 2.22. The molecule has 2 aromatic rings. The number of epoxide rings is 1. The number of carbonyl (C=O) groups excluding carboxylic acids is 1. The zero-order valence-electron chi connectivity index (χ0n) is 17.8. The maximum Gasteiger partial charge on any atom is 0.389 e. The average molecular weight is 463 g/mol. The number of hydrogen-bond acceptors (Lipinski definition) is 6. The van der Waals surface area contributed by atoms with Crippen molar-refractivity contribution in [3.8, 4) is 11.5 Å². The van der Waals surface area contributed by atoms with Gasteiger partial charge in [-0.2, -0.15) is 13.2 Å². The van der Waals surface area contributed by atoms with Crippen molar-refractivity contribution in [2.24, 2.45) is 0 Å². The van der Waals surface area contributed by atoms with E-state index in [1.807, 2.05) is 0 Å². The van der Waals surface area contributed by atoms with E-state index < -0.39 is 18.6 Å². The molecule has 176 valence electrons. The third-order valence-electron chi connectivity index (χ3n) is 4.54. The summed E-state index contributed by atoms with van der Waals surface area (Å²) in [6.07, 6.45) is -1.43. The summed E-state index contributed by atoms with van der Waals surface area (Å²) in [5.41, 5.74) is 1.03. The molecule has 1 N–H and O–H groups in total. The lowest BCUT2D eigenvalue weighted by Crippen LogP contribution is -2.09. The van der Waals surface area contributed by atoms with Crippen LogP contribution in [-0.2, 0) is 9.47 Å². The van der Waals surface area contributed by atoms with Gasteiger partial charge in [-0.3, -0.25) is 5.41 Å². The molecule has 1 heterocycles. The van der Waals surface area contributed by atoms with Crippen LogP contribution in [0.5, 0.6) is 11.5 Å². The van der Waals surface area contributed by atoms with Gasteiger partial charge in [-0.05, 0) is 60.9 Å². The predicted octanol–water partition coefficient (Wildman–Crippen LogP) is 5.42. The van der Waals surface area contributed by atoms with Gasteiger partial charge in [-0.25, -0.2) is 4.79 Å². The van der Waals surface area contributed by atoms with Gasteiger partial charge in [0.2, 0.25) is 5.90 Å². The van der Waals surface area contributed by atoms with Crippen molar-refractivity contribution in [3.05, 3.63) is 65.7 Å². The summed E-state index contributed by atoms with van der Waals surface area (Å²) in [7, 11) is 0. The highest BCUT2D eigenvalue weighted by Gasteiger charge is 2.25. The van der Waals surface area contributed by atoms with E-state index in [1.54, 1.807) is 42.5 Å². The third kappa shape index (κ3) is 9.36. The van der Waals surface area contributed by atoms with Gasteiger partial charge in [0.25, 0.3) is 0 Å². The minimum Gasteiger partial charge on any atom is -0.494 e. The van der Waals surface area contributed by atoms with E-state index in [-0.39, 0.29) is 31.5 Å². The monoisotopic (exact) mass is 463 g/mol. The van der Waals surface area contributed by atoms with E-state index in [0.717, 1.165) is 5.56 Å². The van der Waals surface area contributed by atoms with Gasteiger partial charge in [0, 0.05) is 12.5 Å². The second kappa shape index (κ2) is 11.5. The maximum atomic E-state index is 12.4. The van der Waals surface area contributed by atoms with Crippen molar-refractivity contribution >= 4 is 17.9 Å². The normalized spacial score (nSPS) is 15.3. The number of hydrogen-bond donors (Lipinski definition) is 1. The SMILES string of the molecule is N=C(/C=C/c1cccc(OC(=O)c2ccc(OCCCCC(F)(F)F)cc2)c1)OCC1CO1. The summed E-state index contributed by atoms with van der Waals surface area (Å²) in [6.45, 7) is 1.17. The second-order valence-electron chi connectivity index (χ2n) is 7.37. The van der Waals surface area contributed by atoms with E-state index in [4.69, 9.17) is 24.4 Å². The van der Waals surface area contributed by atoms with Crippen LogP contribution in [0.2, 0.25) is 0 Å². The Morgan fingerprint density at radius 1 is 1.12 bits per heavy atom. The molecule has 0 amide bonds. The van der Waals surface area contributed by atoms with Gasteiger partial charge in [0.1, 0.15) is 24.2 Å². The molecule has 1 fully saturated rings. The molecule has 3 rings (SSSR count). The Morgan fingerprint density at radius 2 is 1.88 bits per heavy atom. The van der Waals surface area contributed by atoms with Crippen molar-refractivity contribution in [1.29, 1.82) is 5.41 Å². The molecule has 0 spiro atoms. The van der Waals surface area contributed by atoms with E-state index in [0.29, 0.717) is 30.3 Å². The van der Waals surface area contributed by atoms with Crippen molar-refractivity contribution in [3.63, 3.8) is 0 Å². The third-order valence-corrected chi connectivity index (χ3v) is 4.54. The number of rotatable bonds is 11. The molecule has 1 saturated heterocycles. The fourth-order valence-electron chi connectivity index (χ4n) is 2.72. The summed E-state index contributed by atoms with van der Waals surface area (Å²) >= 11 is 0. The number of nitrogens with one attached hydrogen (secondary N) is 1. The van der Waals surface area contributed by atoms with Crippen molar-refractivity contribution in [1.82, 2.24) is 0 Å². The Balaban J connectivity index is 1.45. The number of unbranched alkanes of at least 4 members (excludes halogenated alkanes) is 1. The van der Waals surface area contributed by atoms with Crippen molar-refractivity contribution < 1.29 is 36.9 Å². The average Bonchev–Trinajstić information content (AvgIpc) is 3.60. The quantitative estimate of drug-likeness (QED) is 0.120. The second-order valence-corrected chi connectivity index (χ2v) is 7.37.